The van der Waals surface area contributed by atoms with Gasteiger partial charge in [0.05, 0.1) is 5.02 Å². The molecule has 21 heavy (non-hydrogen) atoms. The minimum Gasteiger partial charge on any atom is -0.479 e. The maximum atomic E-state index is 11.8. The number of carbonyl (C=O) groups is 1. The SMILES string of the molecule is CC(Nc1ccc(Cl)c(Br)c1)(C(=O)O)c1ccccc1Cl. The summed E-state index contributed by atoms with van der Waals surface area (Å²) in [5.74, 6) is -1.03. The Morgan fingerprint density at radius 3 is 2.43 bits per heavy atom. The molecular formula is C15H12BrCl2NO2. The number of hydrogen-bond acceptors (Lipinski definition) is 2. The summed E-state index contributed by atoms with van der Waals surface area (Å²) in [5.41, 5.74) is -0.243. The van der Waals surface area contributed by atoms with Crippen LogP contribution in [0.4, 0.5) is 5.69 Å². The first-order valence-electron chi connectivity index (χ1n) is 6.06. The van der Waals surface area contributed by atoms with E-state index in [9.17, 15) is 9.90 Å². The molecule has 0 amide bonds. The minimum atomic E-state index is -1.36. The maximum absolute atomic E-state index is 11.8. The number of anilines is 1. The van der Waals surface area contributed by atoms with Crippen molar-refractivity contribution in [3.8, 4) is 0 Å². The Hall–Kier alpha value is -1.23. The Morgan fingerprint density at radius 2 is 1.86 bits per heavy atom. The van der Waals surface area contributed by atoms with Crippen LogP contribution >= 0.6 is 39.1 Å². The van der Waals surface area contributed by atoms with Gasteiger partial charge in [-0.1, -0.05) is 41.4 Å². The standard InChI is InChI=1S/C15H12BrCl2NO2/c1-15(14(20)21,10-4-2-3-5-12(10)17)19-9-6-7-13(18)11(16)8-9/h2-8,19H,1H3,(H,20,21). The Kier molecular flexibility index (Phi) is 4.81. The fourth-order valence-corrected chi connectivity index (χ4v) is 2.79. The summed E-state index contributed by atoms with van der Waals surface area (Å²) in [4.78, 5) is 11.8. The van der Waals surface area contributed by atoms with E-state index in [0.717, 1.165) is 0 Å². The smallest absolute Gasteiger partial charge is 0.333 e. The molecule has 0 aliphatic carbocycles. The summed E-state index contributed by atoms with van der Waals surface area (Å²) in [6, 6.07) is 12.0. The fraction of sp³-hybridized carbons (Fsp3) is 0.133. The van der Waals surface area contributed by atoms with Gasteiger partial charge >= 0.3 is 5.97 Å². The van der Waals surface area contributed by atoms with Crippen molar-refractivity contribution in [2.75, 3.05) is 5.32 Å². The van der Waals surface area contributed by atoms with Gasteiger partial charge in [0.15, 0.2) is 5.54 Å². The second-order valence-corrected chi connectivity index (χ2v) is 6.33. The number of aliphatic carboxylic acids is 1. The first-order valence-corrected chi connectivity index (χ1v) is 7.61. The van der Waals surface area contributed by atoms with Crippen molar-refractivity contribution in [1.82, 2.24) is 0 Å². The average molecular weight is 389 g/mol. The van der Waals surface area contributed by atoms with Gasteiger partial charge in [-0.05, 0) is 47.1 Å². The van der Waals surface area contributed by atoms with Gasteiger partial charge < -0.3 is 10.4 Å². The third-order valence-electron chi connectivity index (χ3n) is 3.15. The number of carboxylic acid groups (broad SMARTS) is 1. The van der Waals surface area contributed by atoms with Crippen LogP contribution in [0.1, 0.15) is 12.5 Å². The van der Waals surface area contributed by atoms with E-state index in [-0.39, 0.29) is 0 Å². The minimum absolute atomic E-state index is 0.392. The summed E-state index contributed by atoms with van der Waals surface area (Å²) in [6.07, 6.45) is 0. The second kappa shape index (κ2) is 6.26. The zero-order chi connectivity index (χ0) is 15.6. The molecule has 0 aliphatic rings. The molecule has 0 fully saturated rings. The lowest BCUT2D eigenvalue weighted by Crippen LogP contribution is -2.40. The Labute approximate surface area is 141 Å². The predicted octanol–water partition coefficient (Wildman–Crippen LogP) is 5.17. The van der Waals surface area contributed by atoms with Crippen LogP contribution in [0.3, 0.4) is 0 Å². The maximum Gasteiger partial charge on any atom is 0.333 e. The number of benzene rings is 2. The van der Waals surface area contributed by atoms with Crippen LogP contribution in [0.25, 0.3) is 0 Å². The van der Waals surface area contributed by atoms with E-state index in [4.69, 9.17) is 23.2 Å². The molecule has 3 nitrogen and oxygen atoms in total. The van der Waals surface area contributed by atoms with Crippen molar-refractivity contribution in [3.05, 3.63) is 62.5 Å². The number of rotatable bonds is 4. The van der Waals surface area contributed by atoms with Gasteiger partial charge in [-0.2, -0.15) is 0 Å². The summed E-state index contributed by atoms with van der Waals surface area (Å²) in [6.45, 7) is 1.57. The van der Waals surface area contributed by atoms with Crippen LogP contribution in [0, 0.1) is 0 Å². The summed E-state index contributed by atoms with van der Waals surface area (Å²) in [7, 11) is 0. The van der Waals surface area contributed by atoms with Gasteiger partial charge in [0.1, 0.15) is 0 Å². The first-order chi connectivity index (χ1) is 9.84. The average Bonchev–Trinajstić information content (AvgIpc) is 2.43. The Balaban J connectivity index is 2.46. The monoisotopic (exact) mass is 387 g/mol. The normalized spacial score (nSPS) is 13.5. The molecule has 2 aromatic carbocycles. The highest BCUT2D eigenvalue weighted by atomic mass is 79.9. The van der Waals surface area contributed by atoms with Crippen LogP contribution in [0.2, 0.25) is 10.0 Å². The largest absolute Gasteiger partial charge is 0.479 e. The third kappa shape index (κ3) is 3.34. The molecule has 6 heteroatoms. The number of nitrogens with one attached hydrogen (secondary N) is 1. The molecule has 0 bridgehead atoms. The van der Waals surface area contributed by atoms with Gasteiger partial charge in [-0.3, -0.25) is 0 Å². The molecule has 0 spiro atoms. The van der Waals surface area contributed by atoms with Crippen molar-refractivity contribution < 1.29 is 9.90 Å². The van der Waals surface area contributed by atoms with Gasteiger partial charge in [0, 0.05) is 20.7 Å². The molecule has 0 aliphatic heterocycles. The molecule has 0 saturated heterocycles. The lowest BCUT2D eigenvalue weighted by atomic mass is 9.91. The lowest BCUT2D eigenvalue weighted by Gasteiger charge is -2.29. The second-order valence-electron chi connectivity index (χ2n) is 4.66. The quantitative estimate of drug-likeness (QED) is 0.759. The van der Waals surface area contributed by atoms with Crippen molar-refractivity contribution in [2.45, 2.75) is 12.5 Å². The highest BCUT2D eigenvalue weighted by Crippen LogP contribution is 2.33. The summed E-state index contributed by atoms with van der Waals surface area (Å²) in [5, 5.41) is 13.6. The molecule has 0 aromatic heterocycles. The molecule has 1 unspecified atom stereocenters. The van der Waals surface area contributed by atoms with Gasteiger partial charge in [-0.25, -0.2) is 4.79 Å². The molecule has 2 aromatic rings. The third-order valence-corrected chi connectivity index (χ3v) is 4.70. The summed E-state index contributed by atoms with van der Waals surface area (Å²) >= 11 is 15.4. The first kappa shape index (κ1) is 16.1. The molecule has 0 saturated carbocycles. The topological polar surface area (TPSA) is 49.3 Å². The van der Waals surface area contributed by atoms with Crippen molar-refractivity contribution in [1.29, 1.82) is 0 Å². The van der Waals surface area contributed by atoms with E-state index in [0.29, 0.717) is 25.8 Å². The van der Waals surface area contributed by atoms with Crippen LogP contribution in [-0.4, -0.2) is 11.1 Å². The highest BCUT2D eigenvalue weighted by Gasteiger charge is 2.36. The Bertz CT molecular complexity index is 693. The van der Waals surface area contributed by atoms with Crippen LogP contribution in [0.15, 0.2) is 46.9 Å². The van der Waals surface area contributed by atoms with Crippen LogP contribution in [-0.2, 0) is 10.3 Å². The van der Waals surface area contributed by atoms with Gasteiger partial charge in [-0.15, -0.1) is 0 Å². The Morgan fingerprint density at radius 1 is 1.19 bits per heavy atom. The molecular weight excluding hydrogens is 377 g/mol. The fourth-order valence-electron chi connectivity index (χ4n) is 1.97. The van der Waals surface area contributed by atoms with Gasteiger partial charge in [0.25, 0.3) is 0 Å². The molecule has 2 rings (SSSR count). The zero-order valence-electron chi connectivity index (χ0n) is 11.0. The molecule has 0 heterocycles. The van der Waals surface area contributed by atoms with E-state index in [1.54, 1.807) is 49.4 Å². The van der Waals surface area contributed by atoms with Crippen LogP contribution in [0.5, 0.6) is 0 Å². The molecule has 1 atom stereocenters. The predicted molar refractivity (Wildman–Crippen MR) is 89.2 cm³/mol. The highest BCUT2D eigenvalue weighted by molar-refractivity contribution is 9.10. The molecule has 0 radical (unpaired) electrons. The number of carboxylic acids is 1. The molecule has 2 N–H and O–H groups in total. The van der Waals surface area contributed by atoms with Crippen molar-refractivity contribution >= 4 is 50.8 Å². The summed E-state index contributed by atoms with van der Waals surface area (Å²) < 4.78 is 0.682. The van der Waals surface area contributed by atoms with Crippen LogP contribution < -0.4 is 5.32 Å². The van der Waals surface area contributed by atoms with E-state index >= 15 is 0 Å². The molecule has 110 valence electrons. The van der Waals surface area contributed by atoms with E-state index in [1.165, 1.54) is 0 Å². The van der Waals surface area contributed by atoms with Crippen molar-refractivity contribution in [2.24, 2.45) is 0 Å². The zero-order valence-corrected chi connectivity index (χ0v) is 14.1. The van der Waals surface area contributed by atoms with E-state index in [2.05, 4.69) is 21.2 Å². The number of halogens is 3. The van der Waals surface area contributed by atoms with Crippen molar-refractivity contribution in [3.63, 3.8) is 0 Å². The lowest BCUT2D eigenvalue weighted by molar-refractivity contribution is -0.142. The van der Waals surface area contributed by atoms with E-state index in [1.807, 2.05) is 0 Å². The van der Waals surface area contributed by atoms with E-state index < -0.39 is 11.5 Å². The number of hydrogen-bond donors (Lipinski definition) is 2. The van der Waals surface area contributed by atoms with Gasteiger partial charge in [0.2, 0.25) is 0 Å².